The number of para-hydroxylation sites is 1. The molecule has 2 aliphatic heterocycles. The number of rotatable bonds is 4. The molecule has 0 unspecified atom stereocenters. The van der Waals surface area contributed by atoms with Crippen molar-refractivity contribution >= 4 is 11.9 Å². The predicted molar refractivity (Wildman–Crippen MR) is 91.1 cm³/mol. The zero-order valence-electron chi connectivity index (χ0n) is 15.1. The van der Waals surface area contributed by atoms with E-state index in [1.54, 1.807) is 6.92 Å². The standard InChI is InChI=1S/C19H25NO5/c1-5-24-19(22)17-15(18(21)23-4)13-10-25-14-9-7-6-8-12(14)16(13)20(17)11(2)3/h6-9,11,13,15-17H,5,10H2,1-4H3/t13-,15-,16-,17+/m1/s1. The monoisotopic (exact) mass is 347 g/mol. The van der Waals surface area contributed by atoms with Crippen molar-refractivity contribution in [2.24, 2.45) is 11.8 Å². The van der Waals surface area contributed by atoms with Crippen molar-refractivity contribution in [3.8, 4) is 5.75 Å². The highest BCUT2D eigenvalue weighted by molar-refractivity contribution is 5.86. The summed E-state index contributed by atoms with van der Waals surface area (Å²) in [7, 11) is 1.36. The summed E-state index contributed by atoms with van der Waals surface area (Å²) in [5.41, 5.74) is 1.01. The van der Waals surface area contributed by atoms with E-state index in [0.717, 1.165) is 11.3 Å². The second kappa shape index (κ2) is 7.04. The van der Waals surface area contributed by atoms with Crippen LogP contribution in [0, 0.1) is 11.8 Å². The Balaban J connectivity index is 2.11. The number of fused-ring (bicyclic) bond motifs is 3. The lowest BCUT2D eigenvalue weighted by Crippen LogP contribution is -2.47. The summed E-state index contributed by atoms with van der Waals surface area (Å²) in [5, 5.41) is 0. The average molecular weight is 347 g/mol. The average Bonchev–Trinajstić information content (AvgIpc) is 2.97. The van der Waals surface area contributed by atoms with Crippen molar-refractivity contribution in [1.29, 1.82) is 0 Å². The van der Waals surface area contributed by atoms with Gasteiger partial charge < -0.3 is 14.2 Å². The molecule has 6 nitrogen and oxygen atoms in total. The first-order valence-electron chi connectivity index (χ1n) is 8.74. The van der Waals surface area contributed by atoms with Crippen LogP contribution in [0.2, 0.25) is 0 Å². The summed E-state index contributed by atoms with van der Waals surface area (Å²) in [4.78, 5) is 27.4. The highest BCUT2D eigenvalue weighted by Gasteiger charge is 2.59. The second-order valence-corrected chi connectivity index (χ2v) is 6.74. The molecule has 1 aromatic rings. The lowest BCUT2D eigenvalue weighted by atomic mass is 9.83. The van der Waals surface area contributed by atoms with Gasteiger partial charge in [0.1, 0.15) is 11.8 Å². The molecule has 0 N–H and O–H groups in total. The van der Waals surface area contributed by atoms with Crippen LogP contribution in [-0.4, -0.2) is 49.2 Å². The number of carbonyl (C=O) groups is 2. The molecule has 0 spiro atoms. The van der Waals surface area contributed by atoms with Crippen molar-refractivity contribution in [3.63, 3.8) is 0 Å². The van der Waals surface area contributed by atoms with E-state index in [4.69, 9.17) is 14.2 Å². The molecule has 0 bridgehead atoms. The van der Waals surface area contributed by atoms with Gasteiger partial charge >= 0.3 is 11.9 Å². The van der Waals surface area contributed by atoms with Crippen LogP contribution in [0.3, 0.4) is 0 Å². The maximum atomic E-state index is 12.7. The van der Waals surface area contributed by atoms with Gasteiger partial charge in [0, 0.05) is 23.6 Å². The summed E-state index contributed by atoms with van der Waals surface area (Å²) in [6.45, 7) is 6.48. The molecule has 0 radical (unpaired) electrons. The summed E-state index contributed by atoms with van der Waals surface area (Å²) < 4.78 is 16.2. The number of benzene rings is 1. The molecule has 2 aliphatic rings. The third-order valence-electron chi connectivity index (χ3n) is 5.12. The molecular formula is C19H25NO5. The third kappa shape index (κ3) is 2.88. The zero-order valence-corrected chi connectivity index (χ0v) is 15.1. The summed E-state index contributed by atoms with van der Waals surface area (Å²) in [6, 6.07) is 7.11. The minimum Gasteiger partial charge on any atom is -0.493 e. The number of ether oxygens (including phenoxy) is 3. The lowest BCUT2D eigenvalue weighted by Gasteiger charge is -2.37. The first-order valence-corrected chi connectivity index (χ1v) is 8.74. The van der Waals surface area contributed by atoms with E-state index in [-0.39, 0.29) is 36.5 Å². The van der Waals surface area contributed by atoms with Gasteiger partial charge in [0.15, 0.2) is 0 Å². The third-order valence-corrected chi connectivity index (χ3v) is 5.12. The van der Waals surface area contributed by atoms with Gasteiger partial charge in [-0.3, -0.25) is 14.5 Å². The molecule has 0 saturated carbocycles. The van der Waals surface area contributed by atoms with E-state index >= 15 is 0 Å². The molecule has 3 rings (SSSR count). The Hall–Kier alpha value is -2.08. The van der Waals surface area contributed by atoms with Crippen LogP contribution >= 0.6 is 0 Å². The minimum absolute atomic E-state index is 0.0581. The molecule has 2 heterocycles. The van der Waals surface area contributed by atoms with Crippen molar-refractivity contribution < 1.29 is 23.8 Å². The van der Waals surface area contributed by atoms with Crippen molar-refractivity contribution in [2.45, 2.75) is 38.9 Å². The van der Waals surface area contributed by atoms with Gasteiger partial charge in [0.05, 0.1) is 26.2 Å². The van der Waals surface area contributed by atoms with Crippen LogP contribution in [0.5, 0.6) is 5.75 Å². The van der Waals surface area contributed by atoms with Crippen LogP contribution in [0.25, 0.3) is 0 Å². The number of hydrogen-bond acceptors (Lipinski definition) is 6. The Morgan fingerprint density at radius 1 is 1.28 bits per heavy atom. The van der Waals surface area contributed by atoms with E-state index in [1.807, 2.05) is 38.1 Å². The van der Waals surface area contributed by atoms with Crippen LogP contribution in [-0.2, 0) is 19.1 Å². The maximum absolute atomic E-state index is 12.7. The van der Waals surface area contributed by atoms with Gasteiger partial charge in [-0.05, 0) is 26.8 Å². The SMILES string of the molecule is CCOC(=O)[C@@H]1[C@H](C(=O)OC)[C@H]2COc3ccccc3[C@H]2N1C(C)C. The van der Waals surface area contributed by atoms with Crippen LogP contribution in [0.15, 0.2) is 24.3 Å². The number of esters is 2. The Morgan fingerprint density at radius 3 is 2.64 bits per heavy atom. The molecule has 25 heavy (non-hydrogen) atoms. The molecule has 1 saturated heterocycles. The van der Waals surface area contributed by atoms with E-state index < -0.39 is 12.0 Å². The Morgan fingerprint density at radius 2 is 2.00 bits per heavy atom. The molecule has 4 atom stereocenters. The van der Waals surface area contributed by atoms with Gasteiger partial charge in [0.25, 0.3) is 0 Å². The second-order valence-electron chi connectivity index (χ2n) is 6.74. The number of likely N-dealkylation sites (tertiary alicyclic amines) is 1. The molecule has 6 heteroatoms. The van der Waals surface area contributed by atoms with Gasteiger partial charge in [-0.25, -0.2) is 0 Å². The number of hydrogen-bond donors (Lipinski definition) is 0. The highest BCUT2D eigenvalue weighted by atomic mass is 16.5. The molecule has 0 aromatic heterocycles. The fraction of sp³-hybridized carbons (Fsp3) is 0.579. The fourth-order valence-electron chi connectivity index (χ4n) is 4.22. The van der Waals surface area contributed by atoms with E-state index in [9.17, 15) is 9.59 Å². The number of methoxy groups -OCH3 is 1. The van der Waals surface area contributed by atoms with Crippen LogP contribution in [0.4, 0.5) is 0 Å². The van der Waals surface area contributed by atoms with Gasteiger partial charge in [-0.1, -0.05) is 18.2 Å². The minimum atomic E-state index is -0.669. The van der Waals surface area contributed by atoms with Gasteiger partial charge in [-0.2, -0.15) is 0 Å². The van der Waals surface area contributed by atoms with E-state index in [2.05, 4.69) is 4.90 Å². The Kier molecular flexibility index (Phi) is 4.99. The van der Waals surface area contributed by atoms with Crippen molar-refractivity contribution in [1.82, 2.24) is 4.90 Å². The quantitative estimate of drug-likeness (QED) is 0.778. The zero-order chi connectivity index (χ0) is 18.1. The number of carbonyl (C=O) groups excluding carboxylic acids is 2. The molecule has 1 fully saturated rings. The fourth-order valence-corrected chi connectivity index (χ4v) is 4.22. The Labute approximate surface area is 148 Å². The van der Waals surface area contributed by atoms with E-state index in [0.29, 0.717) is 6.61 Å². The smallest absolute Gasteiger partial charge is 0.324 e. The summed E-state index contributed by atoms with van der Waals surface area (Å²) in [6.07, 6.45) is 0. The first kappa shape index (κ1) is 17.7. The van der Waals surface area contributed by atoms with E-state index in [1.165, 1.54) is 7.11 Å². The topological polar surface area (TPSA) is 65.1 Å². The molecule has 0 amide bonds. The van der Waals surface area contributed by atoms with Crippen molar-refractivity contribution in [3.05, 3.63) is 29.8 Å². The number of nitrogens with zero attached hydrogens (tertiary/aromatic N) is 1. The van der Waals surface area contributed by atoms with Crippen molar-refractivity contribution in [2.75, 3.05) is 20.3 Å². The first-order chi connectivity index (χ1) is 12.0. The lowest BCUT2D eigenvalue weighted by molar-refractivity contribution is -0.159. The highest BCUT2D eigenvalue weighted by Crippen LogP contribution is 2.51. The predicted octanol–water partition coefficient (Wildman–Crippen LogP) is 2.18. The largest absolute Gasteiger partial charge is 0.493 e. The molecular weight excluding hydrogens is 322 g/mol. The molecule has 1 aromatic carbocycles. The van der Waals surface area contributed by atoms with Gasteiger partial charge in [0.2, 0.25) is 0 Å². The normalized spacial score (nSPS) is 28.0. The van der Waals surface area contributed by atoms with Gasteiger partial charge in [-0.15, -0.1) is 0 Å². The maximum Gasteiger partial charge on any atom is 0.324 e. The Bertz CT molecular complexity index is 659. The molecule has 136 valence electrons. The molecule has 0 aliphatic carbocycles. The summed E-state index contributed by atoms with van der Waals surface area (Å²) in [5.74, 6) is -0.718. The van der Waals surface area contributed by atoms with Crippen LogP contribution in [0.1, 0.15) is 32.4 Å². The van der Waals surface area contributed by atoms with Crippen LogP contribution < -0.4 is 4.74 Å². The summed E-state index contributed by atoms with van der Waals surface area (Å²) >= 11 is 0.